The highest BCUT2D eigenvalue weighted by Crippen LogP contribution is 2.64. The summed E-state index contributed by atoms with van der Waals surface area (Å²) in [7, 11) is 0. The van der Waals surface area contributed by atoms with Gasteiger partial charge in [-0.15, -0.1) is 0 Å². The van der Waals surface area contributed by atoms with Gasteiger partial charge in [-0.3, -0.25) is 0 Å². The second kappa shape index (κ2) is 3.97. The average molecular weight is 284 g/mol. The van der Waals surface area contributed by atoms with Crippen molar-refractivity contribution in [3.8, 4) is 0 Å². The van der Waals surface area contributed by atoms with E-state index < -0.39 is 0 Å². The third-order valence-electron chi connectivity index (χ3n) is 8.11. The van der Waals surface area contributed by atoms with Gasteiger partial charge in [0.1, 0.15) is 5.76 Å². The molecule has 3 unspecified atom stereocenters. The summed E-state index contributed by atoms with van der Waals surface area (Å²) in [5.41, 5.74) is 4.30. The van der Waals surface area contributed by atoms with Crippen molar-refractivity contribution in [2.24, 2.45) is 23.2 Å². The fraction of sp³-hybridized carbons (Fsp3) is 0.800. The maximum atomic E-state index is 6.08. The predicted molar refractivity (Wildman–Crippen MR) is 84.4 cm³/mol. The van der Waals surface area contributed by atoms with Crippen molar-refractivity contribution in [2.75, 3.05) is 0 Å². The maximum Gasteiger partial charge on any atom is 0.108 e. The van der Waals surface area contributed by atoms with Crippen LogP contribution in [0.5, 0.6) is 0 Å². The highest BCUT2D eigenvalue weighted by molar-refractivity contribution is 5.42. The minimum atomic E-state index is 0.433. The summed E-state index contributed by atoms with van der Waals surface area (Å²) in [5.74, 6) is 4.18. The van der Waals surface area contributed by atoms with E-state index >= 15 is 0 Å². The van der Waals surface area contributed by atoms with Gasteiger partial charge in [0, 0.05) is 12.0 Å². The third kappa shape index (κ3) is 1.48. The van der Waals surface area contributed by atoms with Crippen LogP contribution in [-0.2, 0) is 18.3 Å². The second-order valence-corrected chi connectivity index (χ2v) is 9.00. The zero-order valence-electron chi connectivity index (χ0n) is 13.6. The lowest BCUT2D eigenvalue weighted by Crippen LogP contribution is -2.51. The van der Waals surface area contributed by atoms with Crippen molar-refractivity contribution < 1.29 is 4.42 Å². The van der Waals surface area contributed by atoms with Gasteiger partial charge in [-0.05, 0) is 79.1 Å². The Morgan fingerprint density at radius 3 is 2.86 bits per heavy atom. The lowest BCUT2D eigenvalue weighted by Gasteiger charge is -2.56. The maximum absolute atomic E-state index is 6.08. The van der Waals surface area contributed by atoms with Crippen LogP contribution < -0.4 is 0 Å². The first-order chi connectivity index (χ1) is 10.1. The van der Waals surface area contributed by atoms with Crippen molar-refractivity contribution in [3.05, 3.63) is 23.2 Å². The van der Waals surface area contributed by atoms with Crippen LogP contribution in [0.3, 0.4) is 0 Å². The Labute approximate surface area is 128 Å². The molecule has 0 bridgehead atoms. The first kappa shape index (κ1) is 12.8. The standard InChI is InChI=1S/C20H28O/c1-19-8-4-6-15(19)14-11-17-18-13(12-21-17)5-3-9-20(18,2)16(14)7-10-19/h12,14-16H,3-11H2,1-2H3/t14?,15?,16?,19-,20+/m0/s1. The summed E-state index contributed by atoms with van der Waals surface area (Å²) in [5, 5.41) is 0. The van der Waals surface area contributed by atoms with E-state index in [-0.39, 0.29) is 0 Å². The zero-order valence-corrected chi connectivity index (χ0v) is 13.6. The molecular formula is C20H28O. The Bertz CT molecular complexity index is 585. The molecule has 0 saturated heterocycles. The van der Waals surface area contributed by atoms with Gasteiger partial charge in [0.25, 0.3) is 0 Å². The average Bonchev–Trinajstić information content (AvgIpc) is 3.04. The molecule has 0 aromatic carbocycles. The second-order valence-electron chi connectivity index (χ2n) is 9.00. The van der Waals surface area contributed by atoms with Crippen molar-refractivity contribution in [1.29, 1.82) is 0 Å². The Kier molecular flexibility index (Phi) is 2.42. The number of hydrogen-bond donors (Lipinski definition) is 0. The Morgan fingerprint density at radius 2 is 1.95 bits per heavy atom. The van der Waals surface area contributed by atoms with E-state index in [2.05, 4.69) is 20.1 Å². The van der Waals surface area contributed by atoms with Crippen LogP contribution in [0.4, 0.5) is 0 Å². The molecule has 5 rings (SSSR count). The van der Waals surface area contributed by atoms with Crippen LogP contribution in [0, 0.1) is 23.2 Å². The largest absolute Gasteiger partial charge is 0.469 e. The predicted octanol–water partition coefficient (Wildman–Crippen LogP) is 5.26. The molecule has 5 atom stereocenters. The van der Waals surface area contributed by atoms with Gasteiger partial charge < -0.3 is 4.42 Å². The molecule has 1 heterocycles. The van der Waals surface area contributed by atoms with E-state index in [9.17, 15) is 0 Å². The van der Waals surface area contributed by atoms with Gasteiger partial charge in [-0.25, -0.2) is 0 Å². The molecule has 0 N–H and O–H groups in total. The number of furan rings is 1. The van der Waals surface area contributed by atoms with E-state index in [0.717, 1.165) is 17.8 Å². The van der Waals surface area contributed by atoms with Crippen LogP contribution in [0.1, 0.15) is 75.7 Å². The van der Waals surface area contributed by atoms with Crippen LogP contribution in [0.2, 0.25) is 0 Å². The van der Waals surface area contributed by atoms with E-state index in [1.54, 1.807) is 11.1 Å². The van der Waals surface area contributed by atoms with Gasteiger partial charge >= 0.3 is 0 Å². The normalized spacial score (nSPS) is 47.6. The van der Waals surface area contributed by atoms with Crippen molar-refractivity contribution in [2.45, 2.75) is 77.0 Å². The van der Waals surface area contributed by atoms with Crippen LogP contribution in [0.25, 0.3) is 0 Å². The van der Waals surface area contributed by atoms with Gasteiger partial charge in [0.05, 0.1) is 6.26 Å². The molecule has 4 aliphatic carbocycles. The van der Waals surface area contributed by atoms with E-state index in [1.165, 1.54) is 63.5 Å². The van der Waals surface area contributed by atoms with Crippen LogP contribution in [-0.4, -0.2) is 0 Å². The fourth-order valence-corrected chi connectivity index (χ4v) is 7.17. The number of rotatable bonds is 0. The number of fused-ring (bicyclic) bond motifs is 4. The monoisotopic (exact) mass is 284 g/mol. The molecule has 0 aliphatic heterocycles. The quantitative estimate of drug-likeness (QED) is 0.633. The molecule has 0 spiro atoms. The lowest BCUT2D eigenvalue weighted by molar-refractivity contribution is -0.0123. The minimum Gasteiger partial charge on any atom is -0.469 e. The van der Waals surface area contributed by atoms with Crippen LogP contribution in [0.15, 0.2) is 10.7 Å². The number of hydrogen-bond acceptors (Lipinski definition) is 1. The molecule has 2 fully saturated rings. The Hall–Kier alpha value is -0.720. The summed E-state index contributed by atoms with van der Waals surface area (Å²) in [6.45, 7) is 5.17. The molecular weight excluding hydrogens is 256 g/mol. The Morgan fingerprint density at radius 1 is 1.05 bits per heavy atom. The molecule has 0 radical (unpaired) electrons. The highest BCUT2D eigenvalue weighted by atomic mass is 16.3. The van der Waals surface area contributed by atoms with Crippen molar-refractivity contribution in [1.82, 2.24) is 0 Å². The van der Waals surface area contributed by atoms with E-state index in [1.807, 2.05) is 0 Å². The van der Waals surface area contributed by atoms with E-state index in [0.29, 0.717) is 10.8 Å². The van der Waals surface area contributed by atoms with E-state index in [4.69, 9.17) is 4.42 Å². The molecule has 0 amide bonds. The summed E-state index contributed by atoms with van der Waals surface area (Å²) in [6, 6.07) is 0. The minimum absolute atomic E-state index is 0.433. The first-order valence-electron chi connectivity index (χ1n) is 9.22. The fourth-order valence-electron chi connectivity index (χ4n) is 7.17. The lowest BCUT2D eigenvalue weighted by atomic mass is 9.48. The molecule has 2 saturated carbocycles. The summed E-state index contributed by atoms with van der Waals surface area (Å²) in [6.07, 6.45) is 14.8. The zero-order chi connectivity index (χ0) is 14.2. The molecule has 21 heavy (non-hydrogen) atoms. The SMILES string of the molecule is C[C@@]12CCCC1C1Cc3occ4c3[C@](C)(CCC4)C1CC2. The smallest absolute Gasteiger partial charge is 0.108 e. The topological polar surface area (TPSA) is 13.1 Å². The molecule has 4 aliphatic rings. The van der Waals surface area contributed by atoms with Gasteiger partial charge in [0.2, 0.25) is 0 Å². The van der Waals surface area contributed by atoms with Crippen molar-refractivity contribution in [3.63, 3.8) is 0 Å². The van der Waals surface area contributed by atoms with Gasteiger partial charge in [-0.1, -0.05) is 20.3 Å². The first-order valence-corrected chi connectivity index (χ1v) is 9.22. The highest BCUT2D eigenvalue weighted by Gasteiger charge is 2.57. The molecule has 114 valence electrons. The van der Waals surface area contributed by atoms with Gasteiger partial charge in [-0.2, -0.15) is 0 Å². The van der Waals surface area contributed by atoms with Gasteiger partial charge in [0.15, 0.2) is 0 Å². The summed E-state index contributed by atoms with van der Waals surface area (Å²) < 4.78 is 6.08. The van der Waals surface area contributed by atoms with Crippen molar-refractivity contribution >= 4 is 0 Å². The third-order valence-corrected chi connectivity index (χ3v) is 8.11. The summed E-state index contributed by atoms with van der Waals surface area (Å²) >= 11 is 0. The Balaban J connectivity index is 1.64. The molecule has 1 nitrogen and oxygen atoms in total. The molecule has 1 aromatic rings. The summed E-state index contributed by atoms with van der Waals surface area (Å²) in [4.78, 5) is 0. The molecule has 1 aromatic heterocycles. The number of aryl methyl sites for hydroxylation is 1. The van der Waals surface area contributed by atoms with Crippen LogP contribution >= 0.6 is 0 Å². The molecule has 1 heteroatoms.